The number of thiazole rings is 1. The van der Waals surface area contributed by atoms with Crippen LogP contribution in [0.1, 0.15) is 23.0 Å². The lowest BCUT2D eigenvalue weighted by atomic mass is 10.2. The lowest BCUT2D eigenvalue weighted by Gasteiger charge is -2.13. The minimum atomic E-state index is -4.80. The van der Waals surface area contributed by atoms with Crippen molar-refractivity contribution >= 4 is 28.9 Å². The van der Waals surface area contributed by atoms with Gasteiger partial charge >= 0.3 is 12.3 Å². The van der Waals surface area contributed by atoms with Gasteiger partial charge in [-0.15, -0.1) is 24.5 Å². The predicted octanol–water partition coefficient (Wildman–Crippen LogP) is 5.20. The Morgan fingerprint density at radius 1 is 1.06 bits per heavy atom. The summed E-state index contributed by atoms with van der Waals surface area (Å²) in [6.45, 7) is 3.34. The molecular formula is C21H17F3N2O4S. The molecule has 1 heterocycles. The number of alkyl halides is 3. The Hall–Kier alpha value is -3.40. The summed E-state index contributed by atoms with van der Waals surface area (Å²) < 4.78 is 45.5. The number of hydrogen-bond acceptors (Lipinski definition) is 6. The van der Waals surface area contributed by atoms with Gasteiger partial charge < -0.3 is 14.8 Å². The number of hydrogen-bond donors (Lipinski definition) is 1. The Morgan fingerprint density at radius 2 is 1.71 bits per heavy atom. The third-order valence-corrected chi connectivity index (χ3v) is 4.91. The number of amides is 1. The molecule has 1 unspecified atom stereocenters. The van der Waals surface area contributed by atoms with E-state index in [4.69, 9.17) is 4.74 Å². The van der Waals surface area contributed by atoms with Crippen molar-refractivity contribution in [3.63, 3.8) is 0 Å². The minimum absolute atomic E-state index is 0.0777. The number of carbonyl (C=O) groups is 2. The first kappa shape index (κ1) is 22.3. The zero-order valence-electron chi connectivity index (χ0n) is 16.4. The van der Waals surface area contributed by atoms with Gasteiger partial charge in [0.1, 0.15) is 10.8 Å². The maximum Gasteiger partial charge on any atom is 0.573 e. The molecule has 3 rings (SSSR count). The molecule has 0 bridgehead atoms. The van der Waals surface area contributed by atoms with Gasteiger partial charge in [0, 0.05) is 16.6 Å². The van der Waals surface area contributed by atoms with E-state index in [9.17, 15) is 22.8 Å². The second-order valence-corrected chi connectivity index (χ2v) is 7.37. The quantitative estimate of drug-likeness (QED) is 0.523. The van der Waals surface area contributed by atoms with Crippen LogP contribution < -0.4 is 10.1 Å². The third-order valence-electron chi connectivity index (χ3n) is 4.02. The van der Waals surface area contributed by atoms with E-state index in [1.165, 1.54) is 30.4 Å². The van der Waals surface area contributed by atoms with Crippen molar-refractivity contribution in [2.24, 2.45) is 0 Å². The van der Waals surface area contributed by atoms with Crippen molar-refractivity contribution in [1.29, 1.82) is 0 Å². The van der Waals surface area contributed by atoms with Gasteiger partial charge in [-0.25, -0.2) is 9.78 Å². The fourth-order valence-corrected chi connectivity index (χ4v) is 3.25. The zero-order valence-corrected chi connectivity index (χ0v) is 17.2. The van der Waals surface area contributed by atoms with Crippen molar-refractivity contribution in [2.75, 3.05) is 5.32 Å². The average molecular weight is 450 g/mol. The standard InChI is InChI=1S/C21H17F3N2O4S/c1-12-3-5-14(6-4-12)19-26-17(11-31-19)20(28)29-13(2)18(27)25-15-7-9-16(10-8-15)30-21(22,23)24/h3-11,13H,1-2H3,(H,25,27). The summed E-state index contributed by atoms with van der Waals surface area (Å²) in [7, 11) is 0. The molecule has 10 heteroatoms. The lowest BCUT2D eigenvalue weighted by molar-refractivity contribution is -0.274. The maximum absolute atomic E-state index is 12.3. The average Bonchev–Trinajstić information content (AvgIpc) is 3.19. The van der Waals surface area contributed by atoms with Crippen LogP contribution >= 0.6 is 11.3 Å². The first-order valence-electron chi connectivity index (χ1n) is 9.01. The van der Waals surface area contributed by atoms with Crippen LogP contribution in [-0.4, -0.2) is 29.3 Å². The monoisotopic (exact) mass is 450 g/mol. The molecule has 1 amide bonds. The summed E-state index contributed by atoms with van der Waals surface area (Å²) in [5.74, 6) is -1.82. The summed E-state index contributed by atoms with van der Waals surface area (Å²) in [4.78, 5) is 28.8. The van der Waals surface area contributed by atoms with E-state index in [1.807, 2.05) is 31.2 Å². The van der Waals surface area contributed by atoms with Crippen molar-refractivity contribution in [1.82, 2.24) is 4.98 Å². The number of anilines is 1. The summed E-state index contributed by atoms with van der Waals surface area (Å²) in [5, 5.41) is 4.64. The molecule has 0 aliphatic rings. The molecule has 162 valence electrons. The number of rotatable bonds is 6. The first-order valence-corrected chi connectivity index (χ1v) is 9.89. The molecule has 0 saturated carbocycles. The number of nitrogens with one attached hydrogen (secondary N) is 1. The summed E-state index contributed by atoms with van der Waals surface area (Å²) in [6.07, 6.45) is -5.95. The van der Waals surface area contributed by atoms with Crippen LogP contribution in [0.15, 0.2) is 53.9 Å². The molecule has 31 heavy (non-hydrogen) atoms. The lowest BCUT2D eigenvalue weighted by Crippen LogP contribution is -2.30. The van der Waals surface area contributed by atoms with E-state index in [-0.39, 0.29) is 11.4 Å². The normalized spacial score (nSPS) is 12.2. The molecule has 0 aliphatic heterocycles. The number of benzene rings is 2. The maximum atomic E-state index is 12.3. The molecule has 2 aromatic carbocycles. The summed E-state index contributed by atoms with van der Waals surface area (Å²) >= 11 is 1.28. The molecule has 3 aromatic rings. The Kier molecular flexibility index (Phi) is 6.59. The van der Waals surface area contributed by atoms with Crippen LogP contribution in [0.5, 0.6) is 5.75 Å². The van der Waals surface area contributed by atoms with Crippen LogP contribution in [-0.2, 0) is 9.53 Å². The topological polar surface area (TPSA) is 77.5 Å². The molecule has 6 nitrogen and oxygen atoms in total. The third kappa shape index (κ3) is 6.29. The number of ether oxygens (including phenoxy) is 2. The second-order valence-electron chi connectivity index (χ2n) is 6.51. The predicted molar refractivity (Wildman–Crippen MR) is 109 cm³/mol. The number of aryl methyl sites for hydroxylation is 1. The van der Waals surface area contributed by atoms with Gasteiger partial charge in [-0.05, 0) is 38.1 Å². The van der Waals surface area contributed by atoms with Crippen LogP contribution in [0, 0.1) is 6.92 Å². The highest BCUT2D eigenvalue weighted by Crippen LogP contribution is 2.25. The van der Waals surface area contributed by atoms with Crippen molar-refractivity contribution in [2.45, 2.75) is 26.3 Å². The van der Waals surface area contributed by atoms with Gasteiger partial charge in [-0.1, -0.05) is 29.8 Å². The summed E-state index contributed by atoms with van der Waals surface area (Å²) in [5.41, 5.74) is 2.26. The van der Waals surface area contributed by atoms with E-state index in [2.05, 4.69) is 15.0 Å². The van der Waals surface area contributed by atoms with Gasteiger partial charge in [0.05, 0.1) is 0 Å². The van der Waals surface area contributed by atoms with Gasteiger partial charge in [-0.2, -0.15) is 0 Å². The highest BCUT2D eigenvalue weighted by atomic mass is 32.1. The van der Waals surface area contributed by atoms with E-state index < -0.39 is 30.1 Å². The Bertz CT molecular complexity index is 1060. The Balaban J connectivity index is 1.57. The van der Waals surface area contributed by atoms with Gasteiger partial charge in [0.2, 0.25) is 0 Å². The Labute approximate surface area is 179 Å². The molecule has 0 aliphatic carbocycles. The fraction of sp³-hybridized carbons (Fsp3) is 0.190. The van der Waals surface area contributed by atoms with E-state index in [1.54, 1.807) is 5.38 Å². The number of carbonyl (C=O) groups excluding carboxylic acids is 2. The highest BCUT2D eigenvalue weighted by Gasteiger charge is 2.31. The molecule has 0 saturated heterocycles. The van der Waals surface area contributed by atoms with Crippen molar-refractivity contribution in [3.05, 3.63) is 65.2 Å². The smallest absolute Gasteiger partial charge is 0.448 e. The van der Waals surface area contributed by atoms with Crippen molar-refractivity contribution < 1.29 is 32.2 Å². The largest absolute Gasteiger partial charge is 0.573 e. The summed E-state index contributed by atoms with van der Waals surface area (Å²) in [6, 6.07) is 12.2. The van der Waals surface area contributed by atoms with Gasteiger partial charge in [0.25, 0.3) is 5.91 Å². The number of aromatic nitrogens is 1. The number of esters is 1. The molecule has 1 atom stereocenters. The highest BCUT2D eigenvalue weighted by molar-refractivity contribution is 7.13. The van der Waals surface area contributed by atoms with E-state index in [0.717, 1.165) is 23.3 Å². The Morgan fingerprint density at radius 3 is 2.32 bits per heavy atom. The van der Waals surface area contributed by atoms with E-state index >= 15 is 0 Å². The van der Waals surface area contributed by atoms with Crippen LogP contribution in [0.3, 0.4) is 0 Å². The molecule has 0 fully saturated rings. The zero-order chi connectivity index (χ0) is 22.6. The minimum Gasteiger partial charge on any atom is -0.448 e. The SMILES string of the molecule is Cc1ccc(-c2nc(C(=O)OC(C)C(=O)Nc3ccc(OC(F)(F)F)cc3)cs2)cc1. The van der Waals surface area contributed by atoms with Crippen LogP contribution in [0.4, 0.5) is 18.9 Å². The first-order chi connectivity index (χ1) is 14.6. The van der Waals surface area contributed by atoms with E-state index in [0.29, 0.717) is 5.01 Å². The molecular weight excluding hydrogens is 433 g/mol. The van der Waals surface area contributed by atoms with Crippen LogP contribution in [0.2, 0.25) is 0 Å². The van der Waals surface area contributed by atoms with Gasteiger partial charge in [0.15, 0.2) is 11.8 Å². The fourth-order valence-electron chi connectivity index (χ4n) is 2.45. The number of nitrogens with zero attached hydrogens (tertiary/aromatic N) is 1. The van der Waals surface area contributed by atoms with Gasteiger partial charge in [-0.3, -0.25) is 4.79 Å². The number of halogens is 3. The molecule has 0 spiro atoms. The molecule has 0 radical (unpaired) electrons. The second kappa shape index (κ2) is 9.17. The van der Waals surface area contributed by atoms with Crippen LogP contribution in [0.25, 0.3) is 10.6 Å². The van der Waals surface area contributed by atoms with Crippen molar-refractivity contribution in [3.8, 4) is 16.3 Å². The molecule has 1 aromatic heterocycles. The molecule has 1 N–H and O–H groups in total.